The molecule has 0 aromatic heterocycles. The van der Waals surface area contributed by atoms with Gasteiger partial charge in [0.15, 0.2) is 9.84 Å². The SMILES string of the molecule is CS(=O)(=O)c1ccc2c(c1)CCCN2C(=O)C1=Cc2cc(Cl)ccc2OC1. The summed E-state index contributed by atoms with van der Waals surface area (Å²) < 4.78 is 29.3. The molecule has 140 valence electrons. The number of hydrogen-bond donors (Lipinski definition) is 0. The van der Waals surface area contributed by atoms with Crippen LogP contribution in [0, 0.1) is 0 Å². The van der Waals surface area contributed by atoms with E-state index in [1.165, 1.54) is 6.26 Å². The van der Waals surface area contributed by atoms with E-state index in [0.29, 0.717) is 22.9 Å². The zero-order valence-electron chi connectivity index (χ0n) is 14.7. The first kappa shape index (κ1) is 18.1. The van der Waals surface area contributed by atoms with Gasteiger partial charge in [0.05, 0.1) is 10.5 Å². The van der Waals surface area contributed by atoms with Gasteiger partial charge in [0.25, 0.3) is 5.91 Å². The first-order valence-corrected chi connectivity index (χ1v) is 10.9. The average molecular weight is 404 g/mol. The van der Waals surface area contributed by atoms with Crippen LogP contribution in [0.3, 0.4) is 0 Å². The summed E-state index contributed by atoms with van der Waals surface area (Å²) in [6.45, 7) is 0.782. The van der Waals surface area contributed by atoms with Crippen molar-refractivity contribution in [3.8, 4) is 5.75 Å². The number of anilines is 1. The molecule has 4 rings (SSSR count). The number of aryl methyl sites for hydroxylation is 1. The molecule has 1 amide bonds. The second kappa shape index (κ2) is 6.69. The molecule has 0 radical (unpaired) electrons. The van der Waals surface area contributed by atoms with E-state index in [0.717, 1.165) is 29.7 Å². The van der Waals surface area contributed by atoms with Crippen LogP contribution in [-0.2, 0) is 21.1 Å². The number of hydrogen-bond acceptors (Lipinski definition) is 4. The Morgan fingerprint density at radius 3 is 2.78 bits per heavy atom. The molecule has 0 N–H and O–H groups in total. The molecule has 0 bridgehead atoms. The number of halogens is 1. The summed E-state index contributed by atoms with van der Waals surface area (Å²) in [6.07, 6.45) is 4.53. The molecule has 2 aromatic carbocycles. The lowest BCUT2D eigenvalue weighted by Crippen LogP contribution is -2.38. The minimum atomic E-state index is -3.28. The largest absolute Gasteiger partial charge is 0.488 e. The van der Waals surface area contributed by atoms with E-state index in [4.69, 9.17) is 16.3 Å². The van der Waals surface area contributed by atoms with E-state index in [1.807, 2.05) is 6.08 Å². The zero-order chi connectivity index (χ0) is 19.2. The summed E-state index contributed by atoms with van der Waals surface area (Å²) in [5.74, 6) is 0.571. The van der Waals surface area contributed by atoms with Gasteiger partial charge in [-0.15, -0.1) is 0 Å². The van der Waals surface area contributed by atoms with Gasteiger partial charge in [-0.3, -0.25) is 4.79 Å². The highest BCUT2D eigenvalue weighted by atomic mass is 35.5. The van der Waals surface area contributed by atoms with E-state index in [2.05, 4.69) is 0 Å². The van der Waals surface area contributed by atoms with Gasteiger partial charge in [-0.25, -0.2) is 8.42 Å². The number of fused-ring (bicyclic) bond motifs is 2. The molecule has 0 saturated heterocycles. The van der Waals surface area contributed by atoms with Gasteiger partial charge >= 0.3 is 0 Å². The fourth-order valence-electron chi connectivity index (χ4n) is 3.46. The van der Waals surface area contributed by atoms with Crippen molar-refractivity contribution in [2.45, 2.75) is 17.7 Å². The molecule has 0 fully saturated rings. The van der Waals surface area contributed by atoms with Gasteiger partial charge < -0.3 is 9.64 Å². The summed E-state index contributed by atoms with van der Waals surface area (Å²) in [4.78, 5) is 15.1. The number of benzene rings is 2. The van der Waals surface area contributed by atoms with Crippen LogP contribution in [-0.4, -0.2) is 33.7 Å². The number of ether oxygens (including phenoxy) is 1. The monoisotopic (exact) mass is 403 g/mol. The molecule has 2 aliphatic heterocycles. The van der Waals surface area contributed by atoms with Crippen LogP contribution in [0.25, 0.3) is 6.08 Å². The summed E-state index contributed by atoms with van der Waals surface area (Å²) >= 11 is 6.04. The molecule has 2 aliphatic rings. The van der Waals surface area contributed by atoms with Crippen LogP contribution >= 0.6 is 11.6 Å². The van der Waals surface area contributed by atoms with Crippen molar-refractivity contribution in [2.75, 3.05) is 24.3 Å². The molecular weight excluding hydrogens is 386 g/mol. The number of amides is 1. The summed E-state index contributed by atoms with van der Waals surface area (Å²) in [7, 11) is -3.28. The minimum Gasteiger partial charge on any atom is -0.488 e. The molecule has 27 heavy (non-hydrogen) atoms. The summed E-state index contributed by atoms with van der Waals surface area (Å²) in [5.41, 5.74) is 2.96. The van der Waals surface area contributed by atoms with Crippen molar-refractivity contribution in [2.24, 2.45) is 0 Å². The van der Waals surface area contributed by atoms with Crippen LogP contribution in [0.5, 0.6) is 5.75 Å². The van der Waals surface area contributed by atoms with Crippen molar-refractivity contribution in [1.29, 1.82) is 0 Å². The maximum Gasteiger partial charge on any atom is 0.257 e. The van der Waals surface area contributed by atoms with Gasteiger partial charge in [-0.05, 0) is 60.9 Å². The lowest BCUT2D eigenvalue weighted by atomic mass is 10.00. The lowest BCUT2D eigenvalue weighted by Gasteiger charge is -2.31. The Balaban J connectivity index is 1.68. The standard InChI is InChI=1S/C20H18ClNO4S/c1-27(24,25)17-5-6-18-13(11-17)3-2-8-22(18)20(23)15-9-14-10-16(21)4-7-19(14)26-12-15/h4-7,9-11H,2-3,8,12H2,1H3. The van der Waals surface area contributed by atoms with Crippen LogP contribution in [0.15, 0.2) is 46.9 Å². The average Bonchev–Trinajstić information content (AvgIpc) is 2.65. The number of carbonyl (C=O) groups is 1. The van der Waals surface area contributed by atoms with E-state index in [-0.39, 0.29) is 17.4 Å². The maximum absolute atomic E-state index is 13.1. The highest BCUT2D eigenvalue weighted by molar-refractivity contribution is 7.90. The van der Waals surface area contributed by atoms with E-state index in [1.54, 1.807) is 41.3 Å². The van der Waals surface area contributed by atoms with Crippen LogP contribution in [0.4, 0.5) is 5.69 Å². The summed E-state index contributed by atoms with van der Waals surface area (Å²) in [6, 6.07) is 10.3. The third kappa shape index (κ3) is 3.47. The highest BCUT2D eigenvalue weighted by Crippen LogP contribution is 2.33. The number of sulfone groups is 1. The van der Waals surface area contributed by atoms with Gasteiger partial charge in [0, 0.05) is 29.1 Å². The number of nitrogens with zero attached hydrogens (tertiary/aromatic N) is 1. The molecule has 0 aliphatic carbocycles. The Kier molecular flexibility index (Phi) is 4.48. The fraction of sp³-hybridized carbons (Fsp3) is 0.250. The van der Waals surface area contributed by atoms with Crippen molar-refractivity contribution in [1.82, 2.24) is 0 Å². The maximum atomic E-state index is 13.1. The predicted molar refractivity (Wildman–Crippen MR) is 105 cm³/mol. The Hall–Kier alpha value is -2.31. The van der Waals surface area contributed by atoms with Crippen LogP contribution in [0.2, 0.25) is 5.02 Å². The van der Waals surface area contributed by atoms with Crippen molar-refractivity contribution in [3.63, 3.8) is 0 Å². The Morgan fingerprint density at radius 2 is 2.00 bits per heavy atom. The molecule has 0 spiro atoms. The Bertz CT molecular complexity index is 1080. The Morgan fingerprint density at radius 1 is 1.19 bits per heavy atom. The first-order chi connectivity index (χ1) is 12.8. The molecule has 7 heteroatoms. The van der Waals surface area contributed by atoms with Crippen molar-refractivity contribution >= 4 is 39.1 Å². The smallest absolute Gasteiger partial charge is 0.257 e. The topological polar surface area (TPSA) is 63.7 Å². The summed E-state index contributed by atoms with van der Waals surface area (Å²) in [5, 5.41) is 0.582. The molecule has 2 aromatic rings. The predicted octanol–water partition coefficient (Wildman–Crippen LogP) is 3.50. The minimum absolute atomic E-state index is 0.131. The zero-order valence-corrected chi connectivity index (χ0v) is 16.3. The van der Waals surface area contributed by atoms with Gasteiger partial charge in [0.2, 0.25) is 0 Å². The number of carbonyl (C=O) groups excluding carboxylic acids is 1. The lowest BCUT2D eigenvalue weighted by molar-refractivity contribution is -0.115. The van der Waals surface area contributed by atoms with Gasteiger partial charge in [-0.2, -0.15) is 0 Å². The van der Waals surface area contributed by atoms with E-state index < -0.39 is 9.84 Å². The molecule has 0 unspecified atom stereocenters. The van der Waals surface area contributed by atoms with E-state index in [9.17, 15) is 13.2 Å². The van der Waals surface area contributed by atoms with Crippen LogP contribution in [0.1, 0.15) is 17.5 Å². The van der Waals surface area contributed by atoms with Gasteiger partial charge in [0.1, 0.15) is 12.4 Å². The third-order valence-corrected chi connectivity index (χ3v) is 6.15. The quantitative estimate of drug-likeness (QED) is 0.769. The fourth-order valence-corrected chi connectivity index (χ4v) is 4.31. The second-order valence-electron chi connectivity index (χ2n) is 6.76. The van der Waals surface area contributed by atoms with Crippen molar-refractivity contribution in [3.05, 3.63) is 58.1 Å². The normalized spacial score (nSPS) is 16.1. The van der Waals surface area contributed by atoms with Crippen LogP contribution < -0.4 is 9.64 Å². The molecule has 5 nitrogen and oxygen atoms in total. The molecule has 2 heterocycles. The molecular formula is C20H18ClNO4S. The molecule has 0 atom stereocenters. The number of rotatable bonds is 2. The van der Waals surface area contributed by atoms with E-state index >= 15 is 0 Å². The second-order valence-corrected chi connectivity index (χ2v) is 9.22. The van der Waals surface area contributed by atoms with Crippen molar-refractivity contribution < 1.29 is 17.9 Å². The highest BCUT2D eigenvalue weighted by Gasteiger charge is 2.28. The van der Waals surface area contributed by atoms with Gasteiger partial charge in [-0.1, -0.05) is 11.6 Å². The Labute approximate surface area is 163 Å². The third-order valence-electron chi connectivity index (χ3n) is 4.80. The molecule has 0 saturated carbocycles. The first-order valence-electron chi connectivity index (χ1n) is 8.61.